The summed E-state index contributed by atoms with van der Waals surface area (Å²) in [6.07, 6.45) is 6.99. The van der Waals surface area contributed by atoms with Gasteiger partial charge in [-0.2, -0.15) is 0 Å². The minimum absolute atomic E-state index is 0.127. The predicted molar refractivity (Wildman–Crippen MR) is 49.1 cm³/mol. The molecule has 3 nitrogen and oxygen atoms in total. The molecule has 1 aliphatic rings. The molecule has 2 atom stereocenters. The number of hydrogen-bond acceptors (Lipinski definition) is 3. The van der Waals surface area contributed by atoms with Crippen LogP contribution in [-0.2, 0) is 9.53 Å². The summed E-state index contributed by atoms with van der Waals surface area (Å²) < 4.78 is 5.00. The first-order chi connectivity index (χ1) is 6.18. The molecule has 1 heterocycles. The van der Waals surface area contributed by atoms with Gasteiger partial charge in [-0.1, -0.05) is 18.2 Å². The van der Waals surface area contributed by atoms with E-state index in [2.05, 4.69) is 0 Å². The highest BCUT2D eigenvalue weighted by molar-refractivity contribution is 5.82. The molecule has 3 heteroatoms. The average molecular weight is 182 g/mol. The van der Waals surface area contributed by atoms with Gasteiger partial charge < -0.3 is 9.84 Å². The monoisotopic (exact) mass is 182 g/mol. The molecule has 13 heavy (non-hydrogen) atoms. The predicted octanol–water partition coefficient (Wildman–Crippen LogP) is 1.19. The normalized spacial score (nSPS) is 34.8. The summed E-state index contributed by atoms with van der Waals surface area (Å²) in [7, 11) is 0. The average Bonchev–Trinajstić information content (AvgIpc) is 2.08. The lowest BCUT2D eigenvalue weighted by Crippen LogP contribution is -2.16. The Hall–Kier alpha value is -1.09. The molecule has 0 aliphatic carbocycles. The van der Waals surface area contributed by atoms with Gasteiger partial charge in [0.25, 0.3) is 0 Å². The van der Waals surface area contributed by atoms with Crippen molar-refractivity contribution in [3.05, 3.63) is 24.3 Å². The molecule has 0 bridgehead atoms. The van der Waals surface area contributed by atoms with Crippen LogP contribution in [-0.4, -0.2) is 23.3 Å². The van der Waals surface area contributed by atoms with Crippen LogP contribution >= 0.6 is 0 Å². The van der Waals surface area contributed by atoms with Crippen molar-refractivity contribution >= 4 is 5.97 Å². The second kappa shape index (κ2) is 4.82. The molecular formula is C10H14O3. The lowest BCUT2D eigenvalue weighted by molar-refractivity contribution is -0.142. The van der Waals surface area contributed by atoms with Gasteiger partial charge in [0, 0.05) is 6.08 Å². The zero-order valence-electron chi connectivity index (χ0n) is 7.64. The topological polar surface area (TPSA) is 46.5 Å². The highest BCUT2D eigenvalue weighted by atomic mass is 16.5. The summed E-state index contributed by atoms with van der Waals surface area (Å²) in [5.74, 6) is -0.325. The van der Waals surface area contributed by atoms with E-state index in [4.69, 9.17) is 4.74 Å². The third-order valence-electron chi connectivity index (χ3n) is 1.86. The SMILES string of the molecule is C[C@@H]1CC[C@@H](O)/C=C\C=C/C(=O)O1. The molecule has 0 aromatic heterocycles. The third kappa shape index (κ3) is 3.90. The van der Waals surface area contributed by atoms with Crippen molar-refractivity contribution in [2.24, 2.45) is 0 Å². The molecule has 72 valence electrons. The molecular weight excluding hydrogens is 168 g/mol. The zero-order valence-corrected chi connectivity index (χ0v) is 7.64. The van der Waals surface area contributed by atoms with E-state index in [0.717, 1.165) is 0 Å². The lowest BCUT2D eigenvalue weighted by Gasteiger charge is -2.13. The molecule has 0 radical (unpaired) electrons. The Kier molecular flexibility index (Phi) is 3.71. The Labute approximate surface area is 77.7 Å². The van der Waals surface area contributed by atoms with E-state index >= 15 is 0 Å². The molecule has 1 N–H and O–H groups in total. The Morgan fingerprint density at radius 1 is 1.46 bits per heavy atom. The number of carbonyl (C=O) groups excluding carboxylic acids is 1. The van der Waals surface area contributed by atoms with Gasteiger partial charge in [-0.3, -0.25) is 0 Å². The molecule has 0 saturated heterocycles. The van der Waals surface area contributed by atoms with Gasteiger partial charge in [-0.05, 0) is 19.8 Å². The smallest absolute Gasteiger partial charge is 0.331 e. The molecule has 0 aromatic carbocycles. The number of rotatable bonds is 0. The van der Waals surface area contributed by atoms with Crippen LogP contribution in [0.1, 0.15) is 19.8 Å². The number of esters is 1. The lowest BCUT2D eigenvalue weighted by atomic mass is 10.1. The summed E-state index contributed by atoms with van der Waals surface area (Å²) in [5.41, 5.74) is 0. The van der Waals surface area contributed by atoms with Crippen LogP contribution in [0.15, 0.2) is 24.3 Å². The number of cyclic esters (lactones) is 1. The quantitative estimate of drug-likeness (QED) is 0.572. The standard InChI is InChI=1S/C10H14O3/c1-8-6-7-9(11)4-2-3-5-10(12)13-8/h2-5,8-9,11H,6-7H2,1H3/b4-2-,5-3-/t8-,9+/m1/s1. The Balaban J connectivity index is 2.62. The minimum Gasteiger partial charge on any atom is -0.460 e. The van der Waals surface area contributed by atoms with Crippen LogP contribution in [0.5, 0.6) is 0 Å². The zero-order chi connectivity index (χ0) is 9.68. The largest absolute Gasteiger partial charge is 0.460 e. The highest BCUT2D eigenvalue weighted by Crippen LogP contribution is 2.07. The fourth-order valence-corrected chi connectivity index (χ4v) is 1.12. The van der Waals surface area contributed by atoms with E-state index in [1.807, 2.05) is 6.92 Å². The van der Waals surface area contributed by atoms with Crippen molar-refractivity contribution in [3.8, 4) is 0 Å². The molecule has 1 rings (SSSR count). The minimum atomic E-state index is -0.441. The van der Waals surface area contributed by atoms with E-state index in [1.165, 1.54) is 6.08 Å². The van der Waals surface area contributed by atoms with Gasteiger partial charge in [0.1, 0.15) is 0 Å². The van der Waals surface area contributed by atoms with E-state index in [-0.39, 0.29) is 12.1 Å². The number of aliphatic hydroxyl groups is 1. The summed E-state index contributed by atoms with van der Waals surface area (Å²) in [4.78, 5) is 11.0. The third-order valence-corrected chi connectivity index (χ3v) is 1.86. The van der Waals surface area contributed by atoms with Crippen molar-refractivity contribution in [2.75, 3.05) is 0 Å². The van der Waals surface area contributed by atoms with Crippen molar-refractivity contribution in [1.29, 1.82) is 0 Å². The Morgan fingerprint density at radius 2 is 2.23 bits per heavy atom. The molecule has 1 aliphatic heterocycles. The van der Waals surface area contributed by atoms with Crippen molar-refractivity contribution in [1.82, 2.24) is 0 Å². The van der Waals surface area contributed by atoms with Gasteiger partial charge in [0.15, 0.2) is 0 Å². The fraction of sp³-hybridized carbons (Fsp3) is 0.500. The van der Waals surface area contributed by atoms with E-state index < -0.39 is 6.10 Å². The first-order valence-electron chi connectivity index (χ1n) is 4.42. The number of hydrogen-bond donors (Lipinski definition) is 1. The van der Waals surface area contributed by atoms with Crippen LogP contribution < -0.4 is 0 Å². The maximum absolute atomic E-state index is 11.0. The maximum Gasteiger partial charge on any atom is 0.331 e. The second-order valence-corrected chi connectivity index (χ2v) is 3.14. The molecule has 0 amide bonds. The van der Waals surface area contributed by atoms with Crippen LogP contribution in [0.25, 0.3) is 0 Å². The first kappa shape index (κ1) is 9.99. The van der Waals surface area contributed by atoms with Crippen LogP contribution in [0, 0.1) is 0 Å². The summed E-state index contributed by atoms with van der Waals surface area (Å²) >= 11 is 0. The molecule has 0 saturated carbocycles. The van der Waals surface area contributed by atoms with Crippen molar-refractivity contribution in [2.45, 2.75) is 32.0 Å². The van der Waals surface area contributed by atoms with E-state index in [9.17, 15) is 9.90 Å². The van der Waals surface area contributed by atoms with Crippen molar-refractivity contribution in [3.63, 3.8) is 0 Å². The fourth-order valence-electron chi connectivity index (χ4n) is 1.12. The number of ether oxygens (including phenoxy) is 1. The van der Waals surface area contributed by atoms with Crippen molar-refractivity contribution < 1.29 is 14.6 Å². The van der Waals surface area contributed by atoms with Gasteiger partial charge in [0.05, 0.1) is 12.2 Å². The number of allylic oxidation sites excluding steroid dienone is 2. The molecule has 0 fully saturated rings. The van der Waals surface area contributed by atoms with Gasteiger partial charge in [-0.25, -0.2) is 4.79 Å². The molecule has 0 aromatic rings. The van der Waals surface area contributed by atoms with E-state index in [0.29, 0.717) is 12.8 Å². The van der Waals surface area contributed by atoms with Gasteiger partial charge in [-0.15, -0.1) is 0 Å². The summed E-state index contributed by atoms with van der Waals surface area (Å²) in [6.45, 7) is 1.82. The second-order valence-electron chi connectivity index (χ2n) is 3.14. The first-order valence-corrected chi connectivity index (χ1v) is 4.42. The Bertz CT molecular complexity index is 230. The highest BCUT2D eigenvalue weighted by Gasteiger charge is 2.09. The van der Waals surface area contributed by atoms with Gasteiger partial charge >= 0.3 is 5.97 Å². The summed E-state index contributed by atoms with van der Waals surface area (Å²) in [5, 5.41) is 9.35. The van der Waals surface area contributed by atoms with Crippen LogP contribution in [0.3, 0.4) is 0 Å². The van der Waals surface area contributed by atoms with Crippen LogP contribution in [0.2, 0.25) is 0 Å². The maximum atomic E-state index is 11.0. The molecule has 0 unspecified atom stereocenters. The van der Waals surface area contributed by atoms with Crippen LogP contribution in [0.4, 0.5) is 0 Å². The van der Waals surface area contributed by atoms with E-state index in [1.54, 1.807) is 18.2 Å². The number of aliphatic hydroxyl groups excluding tert-OH is 1. The Morgan fingerprint density at radius 3 is 3.00 bits per heavy atom. The summed E-state index contributed by atoms with van der Waals surface area (Å²) in [6, 6.07) is 0. The number of carbonyl (C=O) groups is 1. The van der Waals surface area contributed by atoms with Gasteiger partial charge in [0.2, 0.25) is 0 Å². The molecule has 0 spiro atoms.